The first kappa shape index (κ1) is 22.1. The Balaban J connectivity index is 0.00000261. The summed E-state index contributed by atoms with van der Waals surface area (Å²) in [5, 5.41) is 8.80. The Labute approximate surface area is 182 Å². The van der Waals surface area contributed by atoms with E-state index in [1.165, 1.54) is 23.8 Å². The number of aliphatic imine (C=N–C) groups is 1. The normalized spacial score (nSPS) is 20.8. The number of rotatable bonds is 5. The molecular formula is C20H28FIN4S. The minimum absolute atomic E-state index is 0. The molecule has 4 nitrogen and oxygen atoms in total. The van der Waals surface area contributed by atoms with Crippen molar-refractivity contribution in [3.63, 3.8) is 0 Å². The molecule has 0 aliphatic carbocycles. The van der Waals surface area contributed by atoms with E-state index in [1.54, 1.807) is 19.2 Å². The number of halogens is 2. The van der Waals surface area contributed by atoms with Gasteiger partial charge >= 0.3 is 0 Å². The van der Waals surface area contributed by atoms with E-state index < -0.39 is 0 Å². The number of nitrogens with zero attached hydrogens (tertiary/aromatic N) is 2. The van der Waals surface area contributed by atoms with Crippen LogP contribution in [0.15, 0.2) is 46.8 Å². The Morgan fingerprint density at radius 3 is 2.78 bits per heavy atom. The number of hydrogen-bond donors (Lipinski definition) is 2. The van der Waals surface area contributed by atoms with Gasteiger partial charge in [0.15, 0.2) is 5.96 Å². The molecule has 1 fully saturated rings. The molecule has 1 saturated heterocycles. The lowest BCUT2D eigenvalue weighted by atomic mass is 9.88. The fourth-order valence-corrected chi connectivity index (χ4v) is 4.63. The highest BCUT2D eigenvalue weighted by Gasteiger charge is 2.31. The van der Waals surface area contributed by atoms with Crippen LogP contribution < -0.4 is 10.6 Å². The van der Waals surface area contributed by atoms with Gasteiger partial charge in [0.1, 0.15) is 5.82 Å². The van der Waals surface area contributed by atoms with Crippen LogP contribution in [0.4, 0.5) is 4.39 Å². The first-order chi connectivity index (χ1) is 12.7. The van der Waals surface area contributed by atoms with Gasteiger partial charge in [0.05, 0.1) is 0 Å². The van der Waals surface area contributed by atoms with Gasteiger partial charge in [-0.05, 0) is 49.9 Å². The van der Waals surface area contributed by atoms with Crippen molar-refractivity contribution >= 4 is 41.3 Å². The summed E-state index contributed by atoms with van der Waals surface area (Å²) < 4.78 is 13.8. The van der Waals surface area contributed by atoms with Crippen molar-refractivity contribution in [2.45, 2.75) is 25.4 Å². The summed E-state index contributed by atoms with van der Waals surface area (Å²) in [4.78, 5) is 8.16. The van der Waals surface area contributed by atoms with Crippen LogP contribution in [0, 0.1) is 11.7 Å². The van der Waals surface area contributed by atoms with E-state index in [2.05, 4.69) is 45.1 Å². The number of nitrogens with one attached hydrogen (secondary N) is 2. The largest absolute Gasteiger partial charge is 0.356 e. The van der Waals surface area contributed by atoms with Gasteiger partial charge in [-0.2, -0.15) is 0 Å². The van der Waals surface area contributed by atoms with E-state index >= 15 is 0 Å². The van der Waals surface area contributed by atoms with Crippen LogP contribution in [0.2, 0.25) is 0 Å². The second-order valence-corrected chi connectivity index (χ2v) is 7.72. The van der Waals surface area contributed by atoms with E-state index in [0.717, 1.165) is 13.1 Å². The molecule has 2 unspecified atom stereocenters. The zero-order valence-corrected chi connectivity index (χ0v) is 19.0. The fourth-order valence-electron chi connectivity index (χ4n) is 3.65. The minimum Gasteiger partial charge on any atom is -0.356 e. The molecule has 2 aromatic rings. The molecule has 0 bridgehead atoms. The average Bonchev–Trinajstić information content (AvgIpc) is 3.17. The predicted octanol–water partition coefficient (Wildman–Crippen LogP) is 4.25. The monoisotopic (exact) mass is 502 g/mol. The van der Waals surface area contributed by atoms with Crippen LogP contribution in [-0.2, 0) is 6.54 Å². The van der Waals surface area contributed by atoms with Gasteiger partial charge in [-0.1, -0.05) is 24.3 Å². The number of thiophene rings is 1. The zero-order valence-electron chi connectivity index (χ0n) is 15.8. The summed E-state index contributed by atoms with van der Waals surface area (Å²) in [6, 6.07) is 11.6. The van der Waals surface area contributed by atoms with Crippen LogP contribution in [0.25, 0.3) is 0 Å². The quantitative estimate of drug-likeness (QED) is 0.365. The molecule has 0 amide bonds. The molecule has 3 rings (SSSR count). The maximum atomic E-state index is 13.8. The summed E-state index contributed by atoms with van der Waals surface area (Å²) in [6.45, 7) is 2.41. The van der Waals surface area contributed by atoms with Gasteiger partial charge in [-0.25, -0.2) is 4.39 Å². The van der Waals surface area contributed by atoms with Crippen LogP contribution in [0.3, 0.4) is 0 Å². The predicted molar refractivity (Wildman–Crippen MR) is 122 cm³/mol. The second kappa shape index (κ2) is 11.0. The Kier molecular flexibility index (Phi) is 8.98. The number of guanidine groups is 1. The molecule has 2 N–H and O–H groups in total. The van der Waals surface area contributed by atoms with Gasteiger partial charge in [0, 0.05) is 36.6 Å². The summed E-state index contributed by atoms with van der Waals surface area (Å²) in [5.41, 5.74) is 0.643. The average molecular weight is 502 g/mol. The van der Waals surface area contributed by atoms with Crippen molar-refractivity contribution in [2.24, 2.45) is 10.9 Å². The number of likely N-dealkylation sites (tertiary alicyclic amines) is 1. The Morgan fingerprint density at radius 1 is 1.26 bits per heavy atom. The Bertz CT molecular complexity index is 723. The van der Waals surface area contributed by atoms with Crippen molar-refractivity contribution in [3.8, 4) is 0 Å². The van der Waals surface area contributed by atoms with E-state index in [-0.39, 0.29) is 29.8 Å². The lowest BCUT2D eigenvalue weighted by Gasteiger charge is -2.39. The van der Waals surface area contributed by atoms with Crippen molar-refractivity contribution in [3.05, 3.63) is 58.0 Å². The van der Waals surface area contributed by atoms with Crippen molar-refractivity contribution in [1.82, 2.24) is 15.5 Å². The molecule has 1 aliphatic heterocycles. The molecule has 2 atom stereocenters. The maximum absolute atomic E-state index is 13.8. The van der Waals surface area contributed by atoms with Crippen LogP contribution in [0.5, 0.6) is 0 Å². The van der Waals surface area contributed by atoms with Crippen LogP contribution in [0.1, 0.15) is 29.3 Å². The zero-order chi connectivity index (χ0) is 18.4. The molecule has 0 spiro atoms. The first-order valence-corrected chi connectivity index (χ1v) is 9.98. The number of piperidine rings is 1. The van der Waals surface area contributed by atoms with Gasteiger partial charge in [0.2, 0.25) is 0 Å². The fraction of sp³-hybridized carbons (Fsp3) is 0.450. The topological polar surface area (TPSA) is 39.7 Å². The lowest BCUT2D eigenvalue weighted by Crippen LogP contribution is -2.44. The third-order valence-electron chi connectivity index (χ3n) is 5.00. The molecule has 0 saturated carbocycles. The summed E-state index contributed by atoms with van der Waals surface area (Å²) in [7, 11) is 3.96. The minimum atomic E-state index is -0.192. The standard InChI is InChI=1S/C20H27FN4S.HI/c1-22-20(23-13-15-7-3-4-9-17(15)21)24-14-16-8-5-11-25(2)19(16)18-10-6-12-26-18;/h3-4,6-7,9-10,12,16,19H,5,8,11,13-14H2,1-2H3,(H2,22,23,24);1H. The summed E-state index contributed by atoms with van der Waals surface area (Å²) in [5.74, 6) is 1.05. The highest BCUT2D eigenvalue weighted by atomic mass is 127. The van der Waals surface area contributed by atoms with E-state index in [4.69, 9.17) is 0 Å². The number of benzene rings is 1. The third-order valence-corrected chi connectivity index (χ3v) is 5.94. The summed E-state index contributed by atoms with van der Waals surface area (Å²) in [6.07, 6.45) is 2.41. The van der Waals surface area contributed by atoms with Gasteiger partial charge in [-0.15, -0.1) is 35.3 Å². The van der Waals surface area contributed by atoms with Gasteiger partial charge in [-0.3, -0.25) is 9.89 Å². The van der Waals surface area contributed by atoms with Crippen LogP contribution in [-0.4, -0.2) is 38.0 Å². The molecule has 1 aromatic carbocycles. The smallest absolute Gasteiger partial charge is 0.191 e. The Morgan fingerprint density at radius 2 is 2.07 bits per heavy atom. The molecule has 27 heavy (non-hydrogen) atoms. The molecule has 1 aromatic heterocycles. The number of hydrogen-bond acceptors (Lipinski definition) is 3. The summed E-state index contributed by atoms with van der Waals surface area (Å²) >= 11 is 1.83. The van der Waals surface area contributed by atoms with Crippen molar-refractivity contribution < 1.29 is 4.39 Å². The molecule has 0 radical (unpaired) electrons. The van der Waals surface area contributed by atoms with Crippen molar-refractivity contribution in [2.75, 3.05) is 27.2 Å². The van der Waals surface area contributed by atoms with Gasteiger partial charge < -0.3 is 10.6 Å². The second-order valence-electron chi connectivity index (χ2n) is 6.74. The molecule has 2 heterocycles. The van der Waals surface area contributed by atoms with E-state index in [0.29, 0.717) is 30.0 Å². The highest BCUT2D eigenvalue weighted by Crippen LogP contribution is 2.36. The van der Waals surface area contributed by atoms with Crippen LogP contribution >= 0.6 is 35.3 Å². The third kappa shape index (κ3) is 5.89. The molecule has 7 heteroatoms. The molecule has 148 valence electrons. The molecular weight excluding hydrogens is 474 g/mol. The Hall–Kier alpha value is -1.19. The van der Waals surface area contributed by atoms with E-state index in [9.17, 15) is 4.39 Å². The molecule has 1 aliphatic rings. The highest BCUT2D eigenvalue weighted by molar-refractivity contribution is 14.0. The first-order valence-electron chi connectivity index (χ1n) is 9.10. The van der Waals surface area contributed by atoms with Crippen molar-refractivity contribution in [1.29, 1.82) is 0 Å². The maximum Gasteiger partial charge on any atom is 0.191 e. The van der Waals surface area contributed by atoms with Gasteiger partial charge in [0.25, 0.3) is 0 Å². The SMILES string of the molecule is CN=C(NCc1ccccc1F)NCC1CCCN(C)C1c1cccs1.I. The lowest BCUT2D eigenvalue weighted by molar-refractivity contribution is 0.125. The van der Waals surface area contributed by atoms with E-state index in [1.807, 2.05) is 17.4 Å².